The van der Waals surface area contributed by atoms with Crippen LogP contribution in [0.3, 0.4) is 0 Å². The Balaban J connectivity index is 3.69. The highest BCUT2D eigenvalue weighted by Crippen LogP contribution is 1.94. The minimum atomic E-state index is -4.11. The van der Waals surface area contributed by atoms with Crippen molar-refractivity contribution in [3.8, 4) is 0 Å². The highest BCUT2D eigenvalue weighted by atomic mass is 32.2. The van der Waals surface area contributed by atoms with Gasteiger partial charge in [0.15, 0.2) is 0 Å². The van der Waals surface area contributed by atoms with Crippen molar-refractivity contribution in [3.05, 3.63) is 0 Å². The molecule has 0 heterocycles. The second-order valence-electron chi connectivity index (χ2n) is 1.91. The molecule has 0 aromatic rings. The summed E-state index contributed by atoms with van der Waals surface area (Å²) < 4.78 is 28.2. The Kier molecular flexibility index (Phi) is 3.80. The van der Waals surface area contributed by atoms with Gasteiger partial charge in [0, 0.05) is 6.61 Å². The van der Waals surface area contributed by atoms with Crippen LogP contribution in [0.1, 0.15) is 6.42 Å². The third-order valence-corrected chi connectivity index (χ3v) is 1.67. The number of aliphatic hydroxyl groups excluding tert-OH is 2. The fourth-order valence-electron chi connectivity index (χ4n) is 0.475. The fourth-order valence-corrected chi connectivity index (χ4v) is 1.13. The molecular weight excluding hydrogens is 160 g/mol. The fraction of sp³-hybridized carbons (Fsp3) is 1.00. The van der Waals surface area contributed by atoms with Crippen LogP contribution in [0, 0.1) is 0 Å². The molecule has 0 aliphatic heterocycles. The monoisotopic (exact) mass is 170 g/mol. The molecule has 0 amide bonds. The van der Waals surface area contributed by atoms with Crippen LogP contribution in [0.15, 0.2) is 0 Å². The van der Waals surface area contributed by atoms with E-state index in [1.54, 1.807) is 0 Å². The SMILES string of the molecule is O=S(=O)(O)CC(O)CCO. The summed E-state index contributed by atoms with van der Waals surface area (Å²) in [7, 11) is -4.11. The topological polar surface area (TPSA) is 94.8 Å². The van der Waals surface area contributed by atoms with Gasteiger partial charge in [-0.2, -0.15) is 8.42 Å². The van der Waals surface area contributed by atoms with Crippen LogP contribution < -0.4 is 0 Å². The Morgan fingerprint density at radius 3 is 2.20 bits per heavy atom. The van der Waals surface area contributed by atoms with Crippen molar-refractivity contribution in [3.63, 3.8) is 0 Å². The van der Waals surface area contributed by atoms with Crippen molar-refractivity contribution in [1.29, 1.82) is 0 Å². The van der Waals surface area contributed by atoms with E-state index < -0.39 is 22.0 Å². The van der Waals surface area contributed by atoms with Gasteiger partial charge in [0.1, 0.15) is 5.75 Å². The minimum absolute atomic E-state index is 0.0419. The number of hydrogen-bond donors (Lipinski definition) is 3. The molecule has 3 N–H and O–H groups in total. The third-order valence-electron chi connectivity index (χ3n) is 0.865. The van der Waals surface area contributed by atoms with E-state index in [1.165, 1.54) is 0 Å². The molecule has 1 unspecified atom stereocenters. The van der Waals surface area contributed by atoms with Gasteiger partial charge in [-0.05, 0) is 6.42 Å². The molecule has 0 saturated heterocycles. The van der Waals surface area contributed by atoms with Gasteiger partial charge in [-0.15, -0.1) is 0 Å². The lowest BCUT2D eigenvalue weighted by Crippen LogP contribution is -2.21. The second-order valence-corrected chi connectivity index (χ2v) is 3.41. The van der Waals surface area contributed by atoms with Crippen LogP contribution in [0.25, 0.3) is 0 Å². The summed E-state index contributed by atoms with van der Waals surface area (Å²) in [5, 5.41) is 16.9. The molecule has 0 aromatic heterocycles. The van der Waals surface area contributed by atoms with Crippen molar-refractivity contribution in [2.24, 2.45) is 0 Å². The van der Waals surface area contributed by atoms with E-state index in [-0.39, 0.29) is 13.0 Å². The Morgan fingerprint density at radius 1 is 1.40 bits per heavy atom. The summed E-state index contributed by atoms with van der Waals surface area (Å²) >= 11 is 0. The predicted molar refractivity (Wildman–Crippen MR) is 34.1 cm³/mol. The Hall–Kier alpha value is -0.170. The van der Waals surface area contributed by atoms with E-state index in [0.29, 0.717) is 0 Å². The van der Waals surface area contributed by atoms with Crippen molar-refractivity contribution < 1.29 is 23.2 Å². The molecule has 6 heteroatoms. The average Bonchev–Trinajstić information content (AvgIpc) is 1.59. The predicted octanol–water partition coefficient (Wildman–Crippen LogP) is -1.38. The van der Waals surface area contributed by atoms with Crippen LogP contribution in [0.5, 0.6) is 0 Å². The normalized spacial score (nSPS) is 15.1. The average molecular weight is 170 g/mol. The quantitative estimate of drug-likeness (QED) is 0.452. The first-order chi connectivity index (χ1) is 4.45. The lowest BCUT2D eigenvalue weighted by molar-refractivity contribution is 0.149. The molecule has 10 heavy (non-hydrogen) atoms. The zero-order chi connectivity index (χ0) is 8.20. The van der Waals surface area contributed by atoms with E-state index in [0.717, 1.165) is 0 Å². The Bertz CT molecular complexity index is 172. The first kappa shape index (κ1) is 9.83. The van der Waals surface area contributed by atoms with Gasteiger partial charge in [-0.1, -0.05) is 0 Å². The van der Waals surface area contributed by atoms with Gasteiger partial charge in [0.25, 0.3) is 10.1 Å². The molecule has 0 aliphatic carbocycles. The third kappa shape index (κ3) is 5.96. The van der Waals surface area contributed by atoms with Crippen molar-refractivity contribution in [2.45, 2.75) is 12.5 Å². The Labute approximate surface area is 59.1 Å². The van der Waals surface area contributed by atoms with E-state index in [1.807, 2.05) is 0 Å². The number of aliphatic hydroxyl groups is 2. The maximum atomic E-state index is 10.0. The number of hydrogen-bond acceptors (Lipinski definition) is 4. The van der Waals surface area contributed by atoms with E-state index in [9.17, 15) is 8.42 Å². The highest BCUT2D eigenvalue weighted by Gasteiger charge is 2.12. The van der Waals surface area contributed by atoms with E-state index in [2.05, 4.69) is 0 Å². The van der Waals surface area contributed by atoms with Crippen LogP contribution in [0.2, 0.25) is 0 Å². The summed E-state index contributed by atoms with van der Waals surface area (Å²) in [4.78, 5) is 0. The Morgan fingerprint density at radius 2 is 1.90 bits per heavy atom. The van der Waals surface area contributed by atoms with E-state index >= 15 is 0 Å². The van der Waals surface area contributed by atoms with Crippen LogP contribution in [-0.2, 0) is 10.1 Å². The summed E-state index contributed by atoms with van der Waals surface area (Å²) in [5.74, 6) is -0.715. The molecule has 0 bridgehead atoms. The van der Waals surface area contributed by atoms with Crippen molar-refractivity contribution in [2.75, 3.05) is 12.4 Å². The molecule has 0 aromatic carbocycles. The van der Waals surface area contributed by atoms with Gasteiger partial charge in [0.2, 0.25) is 0 Å². The molecule has 0 saturated carbocycles. The molecule has 0 radical (unpaired) electrons. The first-order valence-corrected chi connectivity index (χ1v) is 4.30. The first-order valence-electron chi connectivity index (χ1n) is 2.70. The van der Waals surface area contributed by atoms with Gasteiger partial charge in [-0.3, -0.25) is 4.55 Å². The van der Waals surface area contributed by atoms with Gasteiger partial charge in [-0.25, -0.2) is 0 Å². The zero-order valence-electron chi connectivity index (χ0n) is 5.27. The highest BCUT2D eigenvalue weighted by molar-refractivity contribution is 7.85. The summed E-state index contributed by atoms with van der Waals surface area (Å²) in [6.45, 7) is -0.295. The molecule has 5 nitrogen and oxygen atoms in total. The maximum Gasteiger partial charge on any atom is 0.267 e. The molecular formula is C4H10O5S. The van der Waals surface area contributed by atoms with Crippen LogP contribution >= 0.6 is 0 Å². The van der Waals surface area contributed by atoms with Crippen molar-refractivity contribution in [1.82, 2.24) is 0 Å². The lowest BCUT2D eigenvalue weighted by atomic mass is 10.3. The minimum Gasteiger partial charge on any atom is -0.396 e. The lowest BCUT2D eigenvalue weighted by Gasteiger charge is -2.04. The molecule has 62 valence electrons. The molecule has 0 rings (SSSR count). The van der Waals surface area contributed by atoms with Crippen molar-refractivity contribution >= 4 is 10.1 Å². The summed E-state index contributed by atoms with van der Waals surface area (Å²) in [5.41, 5.74) is 0. The molecule has 0 fully saturated rings. The summed E-state index contributed by atoms with van der Waals surface area (Å²) in [6, 6.07) is 0. The van der Waals surface area contributed by atoms with Crippen LogP contribution in [-0.4, -0.2) is 41.6 Å². The smallest absolute Gasteiger partial charge is 0.267 e. The molecule has 1 atom stereocenters. The number of rotatable bonds is 4. The second kappa shape index (κ2) is 3.87. The standard InChI is InChI=1S/C4H10O5S/c5-2-1-4(6)3-10(7,8)9/h4-6H,1-3H2,(H,7,8,9). The van der Waals surface area contributed by atoms with Crippen LogP contribution in [0.4, 0.5) is 0 Å². The van der Waals surface area contributed by atoms with E-state index in [4.69, 9.17) is 14.8 Å². The maximum absolute atomic E-state index is 10.0. The summed E-state index contributed by atoms with van der Waals surface area (Å²) in [6.07, 6.45) is -1.22. The van der Waals surface area contributed by atoms with Gasteiger partial charge in [0.05, 0.1) is 6.10 Å². The molecule has 0 spiro atoms. The molecule has 0 aliphatic rings. The van der Waals surface area contributed by atoms with Gasteiger partial charge >= 0.3 is 0 Å². The van der Waals surface area contributed by atoms with Gasteiger partial charge < -0.3 is 10.2 Å². The zero-order valence-corrected chi connectivity index (χ0v) is 6.08. The largest absolute Gasteiger partial charge is 0.396 e.